The van der Waals surface area contributed by atoms with Crippen LogP contribution in [0.5, 0.6) is 11.5 Å². The molecule has 3 rings (SSSR count). The first-order valence-electron chi connectivity index (χ1n) is 9.58. The highest BCUT2D eigenvalue weighted by molar-refractivity contribution is 5.67. The molecule has 30 heavy (non-hydrogen) atoms. The van der Waals surface area contributed by atoms with Crippen LogP contribution in [0.2, 0.25) is 0 Å². The standard InChI is InChI=1S/C22H26O8/c23-11-15(4-1-13-2-7-16(25)8-3-13)14-5-9-17(10-6-14)29-22-21(28)20(27)19(26)18(12-24)30-22/h2-10,18-28H,1,11-12H2. The number of ether oxygens (including phenoxy) is 2. The fourth-order valence-corrected chi connectivity index (χ4v) is 3.19. The van der Waals surface area contributed by atoms with Crippen molar-refractivity contribution in [1.82, 2.24) is 0 Å². The third-order valence-electron chi connectivity index (χ3n) is 5.02. The molecule has 0 bridgehead atoms. The summed E-state index contributed by atoms with van der Waals surface area (Å²) in [6.45, 7) is -0.694. The average molecular weight is 418 g/mol. The maximum atomic E-state index is 10.1. The molecule has 1 fully saturated rings. The van der Waals surface area contributed by atoms with Crippen molar-refractivity contribution in [2.24, 2.45) is 0 Å². The summed E-state index contributed by atoms with van der Waals surface area (Å²) in [5, 5.41) is 58.0. The van der Waals surface area contributed by atoms with Gasteiger partial charge in [-0.15, -0.1) is 0 Å². The number of aliphatic hydroxyl groups is 5. The lowest BCUT2D eigenvalue weighted by Gasteiger charge is -2.39. The Balaban J connectivity index is 1.67. The van der Waals surface area contributed by atoms with Crippen molar-refractivity contribution < 1.29 is 40.1 Å². The second kappa shape index (κ2) is 10.0. The van der Waals surface area contributed by atoms with Gasteiger partial charge in [0.25, 0.3) is 0 Å². The van der Waals surface area contributed by atoms with Gasteiger partial charge in [-0.1, -0.05) is 30.3 Å². The molecule has 6 N–H and O–H groups in total. The molecule has 0 spiro atoms. The molecule has 2 aromatic rings. The van der Waals surface area contributed by atoms with Crippen LogP contribution in [0.4, 0.5) is 0 Å². The smallest absolute Gasteiger partial charge is 0.229 e. The normalized spacial score (nSPS) is 27.1. The molecule has 1 aliphatic rings. The van der Waals surface area contributed by atoms with Gasteiger partial charge in [0.05, 0.1) is 13.2 Å². The molecule has 5 unspecified atom stereocenters. The molecule has 1 saturated heterocycles. The van der Waals surface area contributed by atoms with Gasteiger partial charge in [0.1, 0.15) is 35.9 Å². The molecular weight excluding hydrogens is 392 g/mol. The molecule has 8 nitrogen and oxygen atoms in total. The predicted molar refractivity (Wildman–Crippen MR) is 108 cm³/mol. The van der Waals surface area contributed by atoms with Gasteiger partial charge in [-0.25, -0.2) is 0 Å². The summed E-state index contributed by atoms with van der Waals surface area (Å²) in [6, 6.07) is 13.5. The number of hydrogen-bond acceptors (Lipinski definition) is 8. The van der Waals surface area contributed by atoms with Crippen LogP contribution < -0.4 is 4.74 Å². The Morgan fingerprint density at radius 2 is 1.57 bits per heavy atom. The number of benzene rings is 2. The van der Waals surface area contributed by atoms with E-state index in [4.69, 9.17) is 9.47 Å². The van der Waals surface area contributed by atoms with Crippen molar-refractivity contribution in [3.63, 3.8) is 0 Å². The Morgan fingerprint density at radius 3 is 2.17 bits per heavy atom. The summed E-state index contributed by atoms with van der Waals surface area (Å²) in [6.07, 6.45) is -4.27. The zero-order chi connectivity index (χ0) is 21.7. The second-order valence-electron chi connectivity index (χ2n) is 7.10. The SMILES string of the molecule is OCC(=CCc1ccc(O)cc1)c1ccc(OC2OC(CO)C(O)C(O)C2O)cc1. The van der Waals surface area contributed by atoms with E-state index in [1.807, 2.05) is 6.08 Å². The first-order chi connectivity index (χ1) is 14.4. The van der Waals surface area contributed by atoms with E-state index in [-0.39, 0.29) is 12.4 Å². The molecule has 162 valence electrons. The van der Waals surface area contributed by atoms with Crippen LogP contribution in [0.25, 0.3) is 5.57 Å². The first-order valence-corrected chi connectivity index (χ1v) is 9.58. The molecule has 1 heterocycles. The van der Waals surface area contributed by atoms with Crippen LogP contribution in [-0.4, -0.2) is 74.6 Å². The van der Waals surface area contributed by atoms with E-state index in [0.29, 0.717) is 17.7 Å². The van der Waals surface area contributed by atoms with Crippen LogP contribution >= 0.6 is 0 Å². The molecule has 1 aliphatic heterocycles. The number of phenols is 1. The average Bonchev–Trinajstić information content (AvgIpc) is 2.76. The van der Waals surface area contributed by atoms with E-state index < -0.39 is 37.3 Å². The lowest BCUT2D eigenvalue weighted by atomic mass is 9.99. The zero-order valence-electron chi connectivity index (χ0n) is 16.2. The molecule has 0 amide bonds. The van der Waals surface area contributed by atoms with E-state index in [9.17, 15) is 30.6 Å². The Kier molecular flexibility index (Phi) is 7.43. The van der Waals surface area contributed by atoms with E-state index in [2.05, 4.69) is 0 Å². The van der Waals surface area contributed by atoms with Crippen molar-refractivity contribution in [2.45, 2.75) is 37.1 Å². The van der Waals surface area contributed by atoms with Crippen molar-refractivity contribution in [2.75, 3.05) is 13.2 Å². The van der Waals surface area contributed by atoms with Crippen LogP contribution in [0, 0.1) is 0 Å². The summed E-state index contributed by atoms with van der Waals surface area (Å²) in [7, 11) is 0. The Labute approximate surface area is 173 Å². The fraction of sp³-hybridized carbons (Fsp3) is 0.364. The molecular formula is C22H26O8. The minimum Gasteiger partial charge on any atom is -0.508 e. The third kappa shape index (κ3) is 5.17. The quantitative estimate of drug-likeness (QED) is 0.375. The van der Waals surface area contributed by atoms with Gasteiger partial charge in [-0.05, 0) is 47.4 Å². The van der Waals surface area contributed by atoms with E-state index in [1.165, 1.54) is 0 Å². The van der Waals surface area contributed by atoms with Gasteiger partial charge in [0, 0.05) is 0 Å². The van der Waals surface area contributed by atoms with Crippen molar-refractivity contribution >= 4 is 5.57 Å². The monoisotopic (exact) mass is 418 g/mol. The molecule has 5 atom stereocenters. The third-order valence-corrected chi connectivity index (χ3v) is 5.02. The van der Waals surface area contributed by atoms with Gasteiger partial charge >= 0.3 is 0 Å². The first kappa shape index (κ1) is 22.2. The number of allylic oxidation sites excluding steroid dienone is 1. The Bertz CT molecular complexity index is 831. The summed E-state index contributed by atoms with van der Waals surface area (Å²) in [5.41, 5.74) is 2.47. The van der Waals surface area contributed by atoms with Gasteiger partial charge in [-0.2, -0.15) is 0 Å². The predicted octanol–water partition coefficient (Wildman–Crippen LogP) is 0.189. The largest absolute Gasteiger partial charge is 0.508 e. The molecule has 8 heteroatoms. The minimum absolute atomic E-state index is 0.162. The van der Waals surface area contributed by atoms with Crippen molar-refractivity contribution in [3.8, 4) is 11.5 Å². The van der Waals surface area contributed by atoms with Crippen molar-refractivity contribution in [3.05, 3.63) is 65.7 Å². The van der Waals surface area contributed by atoms with Gasteiger partial charge in [0.2, 0.25) is 6.29 Å². The summed E-state index contributed by atoms with van der Waals surface area (Å²) in [4.78, 5) is 0. The number of phenolic OH excluding ortho intramolecular Hbond substituents is 1. The number of aromatic hydroxyl groups is 1. The number of hydrogen-bond donors (Lipinski definition) is 6. The summed E-state index contributed by atoms with van der Waals surface area (Å²) < 4.78 is 10.9. The van der Waals surface area contributed by atoms with Crippen LogP contribution in [0.3, 0.4) is 0 Å². The highest BCUT2D eigenvalue weighted by Crippen LogP contribution is 2.26. The maximum absolute atomic E-state index is 10.1. The van der Waals surface area contributed by atoms with Crippen molar-refractivity contribution in [1.29, 1.82) is 0 Å². The summed E-state index contributed by atoms with van der Waals surface area (Å²) >= 11 is 0. The number of aliphatic hydroxyl groups excluding tert-OH is 5. The Morgan fingerprint density at radius 1 is 0.900 bits per heavy atom. The summed E-state index contributed by atoms with van der Waals surface area (Å²) in [5.74, 6) is 0.541. The lowest BCUT2D eigenvalue weighted by molar-refractivity contribution is -0.277. The van der Waals surface area contributed by atoms with E-state index in [0.717, 1.165) is 11.1 Å². The van der Waals surface area contributed by atoms with Crippen LogP contribution in [0.1, 0.15) is 11.1 Å². The molecule has 0 aliphatic carbocycles. The molecule has 2 aromatic carbocycles. The second-order valence-corrected chi connectivity index (χ2v) is 7.10. The van der Waals surface area contributed by atoms with Gasteiger partial charge in [-0.3, -0.25) is 0 Å². The fourth-order valence-electron chi connectivity index (χ4n) is 3.19. The molecule has 0 aromatic heterocycles. The molecule has 0 radical (unpaired) electrons. The topological polar surface area (TPSA) is 140 Å². The minimum atomic E-state index is -1.51. The zero-order valence-corrected chi connectivity index (χ0v) is 16.2. The van der Waals surface area contributed by atoms with E-state index in [1.54, 1.807) is 48.5 Å². The van der Waals surface area contributed by atoms with E-state index >= 15 is 0 Å². The highest BCUT2D eigenvalue weighted by atomic mass is 16.7. The lowest BCUT2D eigenvalue weighted by Crippen LogP contribution is -2.60. The number of rotatable bonds is 7. The molecule has 0 saturated carbocycles. The van der Waals surface area contributed by atoms with Gasteiger partial charge in [0.15, 0.2) is 0 Å². The Hall–Kier alpha value is -2.46. The van der Waals surface area contributed by atoms with Gasteiger partial charge < -0.3 is 40.1 Å². The van der Waals surface area contributed by atoms with Crippen LogP contribution in [0.15, 0.2) is 54.6 Å². The van der Waals surface area contributed by atoms with Crippen LogP contribution in [-0.2, 0) is 11.2 Å². The maximum Gasteiger partial charge on any atom is 0.229 e. The highest BCUT2D eigenvalue weighted by Gasteiger charge is 2.44.